The van der Waals surface area contributed by atoms with E-state index in [1.807, 2.05) is 19.1 Å². The second-order valence-corrected chi connectivity index (χ2v) is 8.12. The van der Waals surface area contributed by atoms with Crippen LogP contribution in [0.3, 0.4) is 0 Å². The fourth-order valence-corrected chi connectivity index (χ4v) is 4.17. The van der Waals surface area contributed by atoms with Crippen LogP contribution in [0, 0.1) is 23.7 Å². The predicted octanol–water partition coefficient (Wildman–Crippen LogP) is 3.09. The van der Waals surface area contributed by atoms with Gasteiger partial charge in [-0.25, -0.2) is 8.42 Å². The zero-order valence-electron chi connectivity index (χ0n) is 12.7. The van der Waals surface area contributed by atoms with Crippen molar-refractivity contribution in [3.05, 3.63) is 29.8 Å². The smallest absolute Gasteiger partial charge is 0.207 e. The molecule has 0 spiro atoms. The number of sulfonamides is 1. The molecule has 0 atom stereocenters. The van der Waals surface area contributed by atoms with Crippen molar-refractivity contribution in [1.82, 2.24) is 4.31 Å². The maximum absolute atomic E-state index is 12.6. The van der Waals surface area contributed by atoms with Gasteiger partial charge in [0.05, 0.1) is 11.0 Å². The van der Waals surface area contributed by atoms with Crippen molar-refractivity contribution in [3.8, 4) is 6.07 Å². The largest absolute Gasteiger partial charge is 0.243 e. The van der Waals surface area contributed by atoms with Gasteiger partial charge in [-0.2, -0.15) is 9.57 Å². The van der Waals surface area contributed by atoms with Crippen molar-refractivity contribution in [2.75, 3.05) is 13.1 Å². The summed E-state index contributed by atoms with van der Waals surface area (Å²) in [5.41, 5.74) is 1.14. The van der Waals surface area contributed by atoms with Gasteiger partial charge in [0.2, 0.25) is 10.0 Å². The van der Waals surface area contributed by atoms with Crippen molar-refractivity contribution in [3.63, 3.8) is 0 Å². The van der Waals surface area contributed by atoms with Crippen LogP contribution in [-0.2, 0) is 10.0 Å². The molecule has 0 saturated carbocycles. The van der Waals surface area contributed by atoms with Crippen molar-refractivity contribution < 1.29 is 8.42 Å². The van der Waals surface area contributed by atoms with Crippen molar-refractivity contribution in [1.29, 1.82) is 5.26 Å². The van der Waals surface area contributed by atoms with Gasteiger partial charge >= 0.3 is 0 Å². The zero-order valence-corrected chi connectivity index (χ0v) is 13.5. The summed E-state index contributed by atoms with van der Waals surface area (Å²) in [5.74, 6) is 0. The van der Waals surface area contributed by atoms with Crippen LogP contribution in [0.5, 0.6) is 0 Å². The van der Waals surface area contributed by atoms with Gasteiger partial charge in [0.15, 0.2) is 0 Å². The number of nitriles is 1. The Morgan fingerprint density at radius 1 is 1.24 bits per heavy atom. The maximum atomic E-state index is 12.6. The van der Waals surface area contributed by atoms with Crippen molar-refractivity contribution in [2.24, 2.45) is 5.41 Å². The van der Waals surface area contributed by atoms with Crippen LogP contribution in [0.25, 0.3) is 0 Å². The molecule has 21 heavy (non-hydrogen) atoms. The molecule has 2 rings (SSSR count). The average Bonchev–Trinajstić information content (AvgIpc) is 2.46. The van der Waals surface area contributed by atoms with Crippen molar-refractivity contribution in [2.45, 2.75) is 44.4 Å². The minimum Gasteiger partial charge on any atom is -0.207 e. The summed E-state index contributed by atoms with van der Waals surface area (Å²) in [6, 6.07) is 9.18. The third-order valence-electron chi connectivity index (χ3n) is 4.43. The number of benzene rings is 1. The van der Waals surface area contributed by atoms with Crippen LogP contribution >= 0.6 is 0 Å². The summed E-state index contributed by atoms with van der Waals surface area (Å²) in [4.78, 5) is 0.369. The number of hydrogen-bond donors (Lipinski definition) is 0. The van der Waals surface area contributed by atoms with Crippen LogP contribution in [0.15, 0.2) is 29.2 Å². The monoisotopic (exact) mass is 306 g/mol. The molecule has 0 aliphatic carbocycles. The quantitative estimate of drug-likeness (QED) is 0.858. The van der Waals surface area contributed by atoms with E-state index in [9.17, 15) is 8.42 Å². The van der Waals surface area contributed by atoms with E-state index in [-0.39, 0.29) is 5.41 Å². The van der Waals surface area contributed by atoms with Gasteiger partial charge in [-0.1, -0.05) is 24.6 Å². The molecular weight excluding hydrogens is 284 g/mol. The Morgan fingerprint density at radius 3 is 2.33 bits per heavy atom. The van der Waals surface area contributed by atoms with E-state index in [2.05, 4.69) is 13.0 Å². The first-order chi connectivity index (χ1) is 9.87. The first-order valence-corrected chi connectivity index (χ1v) is 8.75. The normalized spacial score (nSPS) is 19.1. The summed E-state index contributed by atoms with van der Waals surface area (Å²) >= 11 is 0. The molecule has 1 aromatic rings. The summed E-state index contributed by atoms with van der Waals surface area (Å²) in [5, 5.41) is 8.71. The number of aryl methyl sites for hydroxylation is 1. The molecule has 0 unspecified atom stereocenters. The number of rotatable bonds is 4. The standard InChI is InChI=1S/C16H22N2O2S/c1-14-4-6-15(7-5-14)21(19,20)18-12-9-16(2,10-13-18)8-3-11-17/h4-7H,3,8-10,12-13H2,1-2H3. The van der Waals surface area contributed by atoms with E-state index in [0.29, 0.717) is 24.4 Å². The third kappa shape index (κ3) is 3.63. The molecule has 0 bridgehead atoms. The molecule has 0 N–H and O–H groups in total. The molecular formula is C16H22N2O2S. The predicted molar refractivity (Wildman–Crippen MR) is 82.1 cm³/mol. The highest BCUT2D eigenvalue weighted by Gasteiger charge is 2.35. The lowest BCUT2D eigenvalue weighted by Crippen LogP contribution is -2.42. The molecule has 1 heterocycles. The first-order valence-electron chi connectivity index (χ1n) is 7.31. The zero-order chi connectivity index (χ0) is 15.5. The fraction of sp³-hybridized carbons (Fsp3) is 0.562. The Labute approximate surface area is 127 Å². The second-order valence-electron chi connectivity index (χ2n) is 6.19. The summed E-state index contributed by atoms with van der Waals surface area (Å²) in [6.07, 6.45) is 3.03. The van der Waals surface area contributed by atoms with Crippen LogP contribution in [0.2, 0.25) is 0 Å². The minimum absolute atomic E-state index is 0.0923. The molecule has 5 heteroatoms. The van der Waals surface area contributed by atoms with Gasteiger partial charge in [-0.15, -0.1) is 0 Å². The summed E-state index contributed by atoms with van der Waals surface area (Å²) in [7, 11) is -3.38. The Kier molecular flexibility index (Phi) is 4.70. The summed E-state index contributed by atoms with van der Waals surface area (Å²) < 4.78 is 26.8. The van der Waals surface area contributed by atoms with Crippen LogP contribution < -0.4 is 0 Å². The summed E-state index contributed by atoms with van der Waals surface area (Å²) in [6.45, 7) is 5.17. The van der Waals surface area contributed by atoms with E-state index in [0.717, 1.165) is 24.8 Å². The van der Waals surface area contributed by atoms with E-state index < -0.39 is 10.0 Å². The Bertz CT molecular complexity index is 621. The van der Waals surface area contributed by atoms with Gasteiger partial charge in [0.25, 0.3) is 0 Å². The first kappa shape index (κ1) is 16.0. The van der Waals surface area contributed by atoms with Gasteiger partial charge in [-0.3, -0.25) is 0 Å². The molecule has 1 fully saturated rings. The number of piperidine rings is 1. The Balaban J connectivity index is 2.08. The highest BCUT2D eigenvalue weighted by Crippen LogP contribution is 2.36. The Morgan fingerprint density at radius 2 is 1.81 bits per heavy atom. The van der Waals surface area contributed by atoms with Gasteiger partial charge in [0.1, 0.15) is 0 Å². The van der Waals surface area contributed by atoms with E-state index in [1.54, 1.807) is 16.4 Å². The number of nitrogens with zero attached hydrogens (tertiary/aromatic N) is 2. The molecule has 1 aliphatic heterocycles. The van der Waals surface area contributed by atoms with Gasteiger partial charge < -0.3 is 0 Å². The van der Waals surface area contributed by atoms with Crippen LogP contribution in [-0.4, -0.2) is 25.8 Å². The lowest BCUT2D eigenvalue weighted by Gasteiger charge is -2.38. The highest BCUT2D eigenvalue weighted by molar-refractivity contribution is 7.89. The molecule has 4 nitrogen and oxygen atoms in total. The third-order valence-corrected chi connectivity index (χ3v) is 6.34. The highest BCUT2D eigenvalue weighted by atomic mass is 32.2. The topological polar surface area (TPSA) is 61.2 Å². The van der Waals surface area contributed by atoms with E-state index in [1.165, 1.54) is 0 Å². The molecule has 0 aromatic heterocycles. The second kappa shape index (κ2) is 6.17. The van der Waals surface area contributed by atoms with Crippen LogP contribution in [0.1, 0.15) is 38.2 Å². The van der Waals surface area contributed by atoms with Gasteiger partial charge in [-0.05, 0) is 43.7 Å². The average molecular weight is 306 g/mol. The molecule has 1 saturated heterocycles. The SMILES string of the molecule is Cc1ccc(S(=O)(=O)N2CCC(C)(CCC#N)CC2)cc1. The minimum atomic E-state index is -3.38. The van der Waals surface area contributed by atoms with Gasteiger partial charge in [0, 0.05) is 19.5 Å². The Hall–Kier alpha value is -1.38. The molecule has 1 aromatic carbocycles. The lowest BCUT2D eigenvalue weighted by molar-refractivity contribution is 0.164. The molecule has 114 valence electrons. The van der Waals surface area contributed by atoms with E-state index >= 15 is 0 Å². The molecule has 0 amide bonds. The molecule has 0 radical (unpaired) electrons. The number of hydrogen-bond acceptors (Lipinski definition) is 3. The van der Waals surface area contributed by atoms with E-state index in [4.69, 9.17) is 5.26 Å². The van der Waals surface area contributed by atoms with Crippen molar-refractivity contribution >= 4 is 10.0 Å². The van der Waals surface area contributed by atoms with Crippen LogP contribution in [0.4, 0.5) is 0 Å². The maximum Gasteiger partial charge on any atom is 0.243 e. The molecule has 1 aliphatic rings. The fourth-order valence-electron chi connectivity index (χ4n) is 2.73. The lowest BCUT2D eigenvalue weighted by atomic mass is 9.77.